The number of benzene rings is 2. The maximum atomic E-state index is 13.6. The van der Waals surface area contributed by atoms with Gasteiger partial charge >= 0.3 is 0 Å². The van der Waals surface area contributed by atoms with E-state index in [-0.39, 0.29) is 24.1 Å². The zero-order valence-electron chi connectivity index (χ0n) is 20.1. The molecular weight excluding hydrogens is 444 g/mol. The molecule has 8 nitrogen and oxygen atoms in total. The molecule has 2 amide bonds. The second-order valence-corrected chi connectivity index (χ2v) is 8.92. The molecular formula is C27H32N4O4. The molecule has 0 fully saturated rings. The van der Waals surface area contributed by atoms with Crippen LogP contribution in [0.1, 0.15) is 44.2 Å². The molecule has 35 heavy (non-hydrogen) atoms. The SMILES string of the molecule is C=CC[C@H](C(=O)NO)[C@@H](CC(C)C)C(=O)N[C@@H](Cc1ccccc1)c1nc(-c2ccccc2)no1. The molecule has 0 aliphatic carbocycles. The first kappa shape index (κ1) is 25.8. The van der Waals surface area contributed by atoms with Crippen LogP contribution in [0.25, 0.3) is 11.4 Å². The number of hydrogen-bond donors (Lipinski definition) is 3. The summed E-state index contributed by atoms with van der Waals surface area (Å²) in [6.45, 7) is 7.67. The molecule has 2 aromatic carbocycles. The van der Waals surface area contributed by atoms with E-state index in [1.54, 1.807) is 11.6 Å². The Morgan fingerprint density at radius 2 is 1.69 bits per heavy atom. The Bertz CT molecular complexity index is 1100. The fraction of sp³-hybridized carbons (Fsp3) is 0.333. The molecule has 184 valence electrons. The number of carbonyl (C=O) groups excluding carboxylic acids is 2. The van der Waals surface area contributed by atoms with Crippen molar-refractivity contribution in [2.24, 2.45) is 17.8 Å². The van der Waals surface area contributed by atoms with Crippen LogP contribution in [-0.2, 0) is 16.0 Å². The number of aromatic nitrogens is 2. The third-order valence-electron chi connectivity index (χ3n) is 5.79. The van der Waals surface area contributed by atoms with Gasteiger partial charge in [0.1, 0.15) is 6.04 Å². The Morgan fingerprint density at radius 1 is 1.03 bits per heavy atom. The first-order valence-corrected chi connectivity index (χ1v) is 11.7. The molecule has 0 aliphatic rings. The monoisotopic (exact) mass is 476 g/mol. The Morgan fingerprint density at radius 3 is 2.29 bits per heavy atom. The summed E-state index contributed by atoms with van der Waals surface area (Å²) in [7, 11) is 0. The second kappa shape index (κ2) is 12.6. The first-order chi connectivity index (χ1) is 16.9. The summed E-state index contributed by atoms with van der Waals surface area (Å²) < 4.78 is 5.58. The topological polar surface area (TPSA) is 117 Å². The van der Waals surface area contributed by atoms with E-state index in [0.717, 1.165) is 11.1 Å². The van der Waals surface area contributed by atoms with Crippen LogP contribution in [0.2, 0.25) is 0 Å². The van der Waals surface area contributed by atoms with E-state index in [4.69, 9.17) is 4.52 Å². The summed E-state index contributed by atoms with van der Waals surface area (Å²) in [5.74, 6) is -1.55. The van der Waals surface area contributed by atoms with Gasteiger partial charge in [-0.3, -0.25) is 14.8 Å². The van der Waals surface area contributed by atoms with Crippen molar-refractivity contribution in [3.05, 3.63) is 84.8 Å². The summed E-state index contributed by atoms with van der Waals surface area (Å²) in [4.78, 5) is 30.5. The third-order valence-corrected chi connectivity index (χ3v) is 5.79. The molecule has 3 rings (SSSR count). The minimum absolute atomic E-state index is 0.144. The molecule has 1 heterocycles. The van der Waals surface area contributed by atoms with Crippen LogP contribution >= 0.6 is 0 Å². The Labute approximate surface area is 205 Å². The van der Waals surface area contributed by atoms with E-state index in [1.165, 1.54) is 0 Å². The van der Waals surface area contributed by atoms with Gasteiger partial charge in [0.2, 0.25) is 23.5 Å². The lowest BCUT2D eigenvalue weighted by Crippen LogP contribution is -2.43. The maximum Gasteiger partial charge on any atom is 0.249 e. The van der Waals surface area contributed by atoms with Crippen LogP contribution in [0.5, 0.6) is 0 Å². The van der Waals surface area contributed by atoms with Gasteiger partial charge in [0.25, 0.3) is 0 Å². The molecule has 0 saturated carbocycles. The first-order valence-electron chi connectivity index (χ1n) is 11.7. The van der Waals surface area contributed by atoms with Gasteiger partial charge in [-0.25, -0.2) is 5.48 Å². The summed E-state index contributed by atoms with van der Waals surface area (Å²) >= 11 is 0. The van der Waals surface area contributed by atoms with Gasteiger partial charge in [0.05, 0.1) is 11.8 Å². The standard InChI is InChI=1S/C27H32N4O4/c1-4-11-21(26(33)30-34)22(16-18(2)3)25(32)28-23(17-19-12-7-5-8-13-19)27-29-24(31-35-27)20-14-9-6-10-15-20/h4-10,12-15,18,21-23,34H,1,11,16-17H2,2-3H3,(H,28,32)(H,30,33)/t21-,22+,23-/m0/s1. The number of nitrogens with one attached hydrogen (secondary N) is 2. The predicted octanol–water partition coefficient (Wildman–Crippen LogP) is 4.50. The Hall–Kier alpha value is -3.78. The summed E-state index contributed by atoms with van der Waals surface area (Å²) in [5, 5.41) is 16.4. The van der Waals surface area contributed by atoms with Crippen molar-refractivity contribution in [1.82, 2.24) is 20.9 Å². The van der Waals surface area contributed by atoms with Crippen molar-refractivity contribution in [3.63, 3.8) is 0 Å². The van der Waals surface area contributed by atoms with Crippen LogP contribution in [0, 0.1) is 17.8 Å². The van der Waals surface area contributed by atoms with Crippen molar-refractivity contribution in [3.8, 4) is 11.4 Å². The highest BCUT2D eigenvalue weighted by molar-refractivity contribution is 5.87. The van der Waals surface area contributed by atoms with Crippen LogP contribution in [0.4, 0.5) is 0 Å². The van der Waals surface area contributed by atoms with E-state index < -0.39 is 23.8 Å². The van der Waals surface area contributed by atoms with Gasteiger partial charge < -0.3 is 9.84 Å². The van der Waals surface area contributed by atoms with Gasteiger partial charge in [-0.2, -0.15) is 4.98 Å². The Kier molecular flexibility index (Phi) is 9.31. The number of hydrogen-bond acceptors (Lipinski definition) is 6. The number of carbonyl (C=O) groups is 2. The fourth-order valence-electron chi connectivity index (χ4n) is 4.09. The highest BCUT2D eigenvalue weighted by Crippen LogP contribution is 2.27. The Balaban J connectivity index is 1.91. The molecule has 0 radical (unpaired) electrons. The number of hydroxylamine groups is 1. The van der Waals surface area contributed by atoms with Crippen LogP contribution in [-0.4, -0.2) is 27.2 Å². The molecule has 0 saturated heterocycles. The molecule has 1 aromatic heterocycles. The molecule has 0 unspecified atom stereocenters. The van der Waals surface area contributed by atoms with E-state index in [9.17, 15) is 14.8 Å². The zero-order valence-corrected chi connectivity index (χ0v) is 20.1. The molecule has 8 heteroatoms. The third kappa shape index (κ3) is 7.10. The lowest BCUT2D eigenvalue weighted by atomic mass is 9.82. The quantitative estimate of drug-likeness (QED) is 0.201. The number of nitrogens with zero attached hydrogens (tertiary/aromatic N) is 2. The van der Waals surface area contributed by atoms with E-state index in [2.05, 4.69) is 22.0 Å². The number of allylic oxidation sites excluding steroid dienone is 1. The second-order valence-electron chi connectivity index (χ2n) is 8.92. The van der Waals surface area contributed by atoms with Crippen molar-refractivity contribution < 1.29 is 19.3 Å². The number of amides is 2. The van der Waals surface area contributed by atoms with E-state index in [0.29, 0.717) is 18.7 Å². The van der Waals surface area contributed by atoms with Gasteiger partial charge in [-0.05, 0) is 24.3 Å². The molecule has 3 aromatic rings. The minimum atomic E-state index is -0.764. The highest BCUT2D eigenvalue weighted by Gasteiger charge is 2.35. The van der Waals surface area contributed by atoms with Crippen LogP contribution in [0.3, 0.4) is 0 Å². The predicted molar refractivity (Wildman–Crippen MR) is 132 cm³/mol. The average molecular weight is 477 g/mol. The van der Waals surface area contributed by atoms with Gasteiger partial charge in [-0.1, -0.05) is 85.7 Å². The molecule has 3 N–H and O–H groups in total. The summed E-state index contributed by atoms with van der Waals surface area (Å²) in [6, 6.07) is 18.5. The van der Waals surface area contributed by atoms with Gasteiger partial charge in [0, 0.05) is 12.0 Å². The van der Waals surface area contributed by atoms with E-state index >= 15 is 0 Å². The van der Waals surface area contributed by atoms with Crippen molar-refractivity contribution in [2.75, 3.05) is 0 Å². The largest absolute Gasteiger partial charge is 0.344 e. The smallest absolute Gasteiger partial charge is 0.249 e. The molecule has 3 atom stereocenters. The highest BCUT2D eigenvalue weighted by atomic mass is 16.5. The fourth-order valence-corrected chi connectivity index (χ4v) is 4.09. The van der Waals surface area contributed by atoms with E-state index in [1.807, 2.05) is 74.5 Å². The van der Waals surface area contributed by atoms with Crippen molar-refractivity contribution >= 4 is 11.8 Å². The average Bonchev–Trinajstić information content (AvgIpc) is 3.36. The molecule has 0 spiro atoms. The summed E-state index contributed by atoms with van der Waals surface area (Å²) in [6.07, 6.45) is 2.70. The zero-order chi connectivity index (χ0) is 25.2. The van der Waals surface area contributed by atoms with Crippen molar-refractivity contribution in [1.29, 1.82) is 0 Å². The van der Waals surface area contributed by atoms with Crippen molar-refractivity contribution in [2.45, 2.75) is 39.2 Å². The lowest BCUT2D eigenvalue weighted by molar-refractivity contribution is -0.141. The van der Waals surface area contributed by atoms with Gasteiger partial charge in [-0.15, -0.1) is 6.58 Å². The number of rotatable bonds is 12. The minimum Gasteiger partial charge on any atom is -0.344 e. The lowest BCUT2D eigenvalue weighted by Gasteiger charge is -2.27. The normalized spacial score (nSPS) is 13.6. The van der Waals surface area contributed by atoms with Crippen LogP contribution < -0.4 is 10.8 Å². The molecule has 0 bridgehead atoms. The maximum absolute atomic E-state index is 13.6. The molecule has 0 aliphatic heterocycles. The van der Waals surface area contributed by atoms with Gasteiger partial charge in [0.15, 0.2) is 0 Å². The summed E-state index contributed by atoms with van der Waals surface area (Å²) in [5.41, 5.74) is 3.48. The van der Waals surface area contributed by atoms with Crippen LogP contribution in [0.15, 0.2) is 77.8 Å².